The fourth-order valence-electron chi connectivity index (χ4n) is 8.16. The summed E-state index contributed by atoms with van der Waals surface area (Å²) in [5.41, 5.74) is 4.38. The summed E-state index contributed by atoms with van der Waals surface area (Å²) in [4.78, 5) is 40.0. The normalized spacial score (nSPS) is 27.2. The van der Waals surface area contributed by atoms with Crippen molar-refractivity contribution in [2.75, 3.05) is 37.5 Å². The average molecular weight is 626 g/mol. The summed E-state index contributed by atoms with van der Waals surface area (Å²) in [6, 6.07) is 12.7. The molecule has 9 heteroatoms. The maximum Gasteiger partial charge on any atom is 0.407 e. The molecule has 0 radical (unpaired) electrons. The SMILES string of the molecule is CNC(=O)OC1CCC(C(=O)N(CC23CCC(c4ccc(N(C)C)nc4)(CC2)CC3)c2cccc(-c3coc(C4CC4)n3)c2)CC1. The predicted octanol–water partition coefficient (Wildman–Crippen LogP) is 7.22. The molecule has 9 nitrogen and oxygen atoms in total. The van der Waals surface area contributed by atoms with Crippen molar-refractivity contribution < 1.29 is 18.7 Å². The Morgan fingerprint density at radius 2 is 1.72 bits per heavy atom. The van der Waals surface area contributed by atoms with E-state index >= 15 is 0 Å². The summed E-state index contributed by atoms with van der Waals surface area (Å²) in [6.07, 6.45) is 15.1. The maximum absolute atomic E-state index is 14.5. The molecule has 8 rings (SSSR count). The highest BCUT2D eigenvalue weighted by molar-refractivity contribution is 5.95. The van der Waals surface area contributed by atoms with Gasteiger partial charge in [0.2, 0.25) is 5.91 Å². The van der Waals surface area contributed by atoms with Crippen LogP contribution in [0.2, 0.25) is 0 Å². The number of carbonyl (C=O) groups excluding carboxylic acids is 2. The van der Waals surface area contributed by atoms with Crippen LogP contribution in [0.3, 0.4) is 0 Å². The van der Waals surface area contributed by atoms with Crippen LogP contribution in [0.4, 0.5) is 16.3 Å². The van der Waals surface area contributed by atoms with Gasteiger partial charge in [0, 0.05) is 57.0 Å². The molecule has 5 saturated carbocycles. The van der Waals surface area contributed by atoms with Crippen LogP contribution in [0.25, 0.3) is 11.3 Å². The van der Waals surface area contributed by atoms with Crippen molar-refractivity contribution in [1.29, 1.82) is 0 Å². The number of ether oxygens (including phenoxy) is 1. The molecule has 1 N–H and O–H groups in total. The van der Waals surface area contributed by atoms with E-state index in [1.807, 2.05) is 25.1 Å². The first-order valence-corrected chi connectivity index (χ1v) is 17.2. The van der Waals surface area contributed by atoms with Gasteiger partial charge in [0.1, 0.15) is 23.9 Å². The number of nitrogens with zero attached hydrogens (tertiary/aromatic N) is 4. The van der Waals surface area contributed by atoms with E-state index < -0.39 is 6.09 Å². The Bertz CT molecular complexity index is 1530. The van der Waals surface area contributed by atoms with Gasteiger partial charge in [-0.2, -0.15) is 0 Å². The Morgan fingerprint density at radius 1 is 0.978 bits per heavy atom. The smallest absolute Gasteiger partial charge is 0.407 e. The molecule has 5 fully saturated rings. The topological polar surface area (TPSA) is 101 Å². The van der Waals surface area contributed by atoms with Crippen molar-refractivity contribution in [3.05, 3.63) is 60.3 Å². The number of anilines is 2. The van der Waals surface area contributed by atoms with Crippen LogP contribution in [0.1, 0.15) is 94.4 Å². The van der Waals surface area contributed by atoms with Gasteiger partial charge in [-0.15, -0.1) is 0 Å². The zero-order chi connectivity index (χ0) is 31.9. The molecule has 2 amide bonds. The number of aromatic nitrogens is 2. The second-order valence-electron chi connectivity index (χ2n) is 14.5. The zero-order valence-electron chi connectivity index (χ0n) is 27.5. The number of alkyl carbamates (subject to hydrolysis) is 1. The van der Waals surface area contributed by atoms with Crippen LogP contribution in [0.5, 0.6) is 0 Å². The Kier molecular flexibility index (Phi) is 8.28. The summed E-state index contributed by atoms with van der Waals surface area (Å²) in [5, 5.41) is 2.54. The quantitative estimate of drug-likeness (QED) is 0.268. The molecule has 2 bridgehead atoms. The van der Waals surface area contributed by atoms with E-state index in [4.69, 9.17) is 19.1 Å². The van der Waals surface area contributed by atoms with Crippen molar-refractivity contribution in [2.24, 2.45) is 11.3 Å². The number of nitrogens with one attached hydrogen (secondary N) is 1. The van der Waals surface area contributed by atoms with Crippen molar-refractivity contribution in [2.45, 2.75) is 94.5 Å². The van der Waals surface area contributed by atoms with Crippen molar-refractivity contribution >= 4 is 23.5 Å². The Morgan fingerprint density at radius 3 is 2.35 bits per heavy atom. The largest absolute Gasteiger partial charge is 0.448 e. The Labute approximate surface area is 272 Å². The lowest BCUT2D eigenvalue weighted by molar-refractivity contribution is -0.124. The fourth-order valence-corrected chi connectivity index (χ4v) is 8.16. The van der Waals surface area contributed by atoms with E-state index in [0.29, 0.717) is 18.8 Å². The molecule has 0 atom stereocenters. The Hall–Kier alpha value is -3.88. The molecule has 2 heterocycles. The minimum absolute atomic E-state index is 0.0920. The lowest BCUT2D eigenvalue weighted by atomic mass is 9.52. The molecule has 0 saturated heterocycles. The van der Waals surface area contributed by atoms with Crippen LogP contribution in [0, 0.1) is 11.3 Å². The summed E-state index contributed by atoms with van der Waals surface area (Å²) in [5.74, 6) is 2.35. The van der Waals surface area contributed by atoms with Crippen molar-refractivity contribution in [1.82, 2.24) is 15.3 Å². The van der Waals surface area contributed by atoms with E-state index in [2.05, 4.69) is 46.7 Å². The highest BCUT2D eigenvalue weighted by Gasteiger charge is 2.51. The molecule has 5 aliphatic rings. The average Bonchev–Trinajstić information content (AvgIpc) is 3.84. The van der Waals surface area contributed by atoms with E-state index in [-0.39, 0.29) is 28.8 Å². The summed E-state index contributed by atoms with van der Waals surface area (Å²) >= 11 is 0. The van der Waals surface area contributed by atoms with E-state index in [9.17, 15) is 9.59 Å². The number of rotatable bonds is 9. The van der Waals surface area contributed by atoms with Gasteiger partial charge in [-0.05, 0) is 112 Å². The lowest BCUT2D eigenvalue weighted by Gasteiger charge is -2.55. The van der Waals surface area contributed by atoms with Crippen molar-refractivity contribution in [3.63, 3.8) is 0 Å². The first-order chi connectivity index (χ1) is 22.3. The van der Waals surface area contributed by atoms with Gasteiger partial charge in [0.05, 0.1) is 0 Å². The number of pyridine rings is 1. The molecule has 2 aromatic heterocycles. The zero-order valence-corrected chi connectivity index (χ0v) is 27.5. The number of oxazole rings is 1. The van der Waals surface area contributed by atoms with Crippen LogP contribution in [-0.2, 0) is 14.9 Å². The van der Waals surface area contributed by atoms with Crippen molar-refractivity contribution in [3.8, 4) is 11.3 Å². The molecule has 5 aliphatic carbocycles. The lowest BCUT2D eigenvalue weighted by Crippen LogP contribution is -2.51. The number of hydrogen-bond acceptors (Lipinski definition) is 7. The highest BCUT2D eigenvalue weighted by Crippen LogP contribution is 2.58. The van der Waals surface area contributed by atoms with E-state index in [1.54, 1.807) is 13.3 Å². The number of benzene rings is 1. The molecule has 0 unspecified atom stereocenters. The monoisotopic (exact) mass is 625 g/mol. The van der Waals surface area contributed by atoms with Crippen LogP contribution >= 0.6 is 0 Å². The molecule has 46 heavy (non-hydrogen) atoms. The van der Waals surface area contributed by atoms with Gasteiger partial charge in [0.15, 0.2) is 5.89 Å². The highest BCUT2D eigenvalue weighted by atomic mass is 16.6. The van der Waals surface area contributed by atoms with Gasteiger partial charge in [-0.3, -0.25) is 4.79 Å². The third kappa shape index (κ3) is 6.13. The van der Waals surface area contributed by atoms with Crippen LogP contribution in [-0.4, -0.2) is 55.8 Å². The second-order valence-corrected chi connectivity index (χ2v) is 14.5. The number of fused-ring (bicyclic) bond motifs is 3. The van der Waals surface area contributed by atoms with E-state index in [1.165, 1.54) is 5.56 Å². The predicted molar refractivity (Wildman–Crippen MR) is 178 cm³/mol. The maximum atomic E-state index is 14.5. The minimum Gasteiger partial charge on any atom is -0.448 e. The Balaban J connectivity index is 1.12. The van der Waals surface area contributed by atoms with Gasteiger partial charge < -0.3 is 24.3 Å². The molecule has 0 spiro atoms. The van der Waals surface area contributed by atoms with E-state index in [0.717, 1.165) is 99.4 Å². The molecular weight excluding hydrogens is 578 g/mol. The molecule has 0 aliphatic heterocycles. The second kappa shape index (κ2) is 12.4. The third-order valence-electron chi connectivity index (χ3n) is 11.4. The number of amides is 2. The first kappa shape index (κ1) is 30.8. The van der Waals surface area contributed by atoms with Gasteiger partial charge in [0.25, 0.3) is 0 Å². The van der Waals surface area contributed by atoms with Gasteiger partial charge >= 0.3 is 6.09 Å². The molecule has 1 aromatic carbocycles. The third-order valence-corrected chi connectivity index (χ3v) is 11.4. The molecular formula is C37H47N5O4. The summed E-state index contributed by atoms with van der Waals surface area (Å²) in [6.45, 7) is 0.726. The molecule has 244 valence electrons. The van der Waals surface area contributed by atoms with Crippen LogP contribution < -0.4 is 15.1 Å². The van der Waals surface area contributed by atoms with Gasteiger partial charge in [-0.25, -0.2) is 14.8 Å². The summed E-state index contributed by atoms with van der Waals surface area (Å²) in [7, 11) is 5.63. The molecule has 3 aromatic rings. The summed E-state index contributed by atoms with van der Waals surface area (Å²) < 4.78 is 11.3. The fraction of sp³-hybridized carbons (Fsp3) is 0.568. The van der Waals surface area contributed by atoms with Crippen LogP contribution in [0.15, 0.2) is 53.3 Å². The number of carbonyl (C=O) groups is 2. The standard InChI is InChI=1S/C37H47N5O4/c1-38-35(44)46-30-12-9-26(10-13-30)34(43)42(29-6-4-5-27(21-29)31-23-45-33(40-31)25-7-8-25)24-36-15-18-37(19-16-36,20-17-36)28-11-14-32(39-22-28)41(2)3/h4-6,11,14,21-23,25-26,30H,7-10,12-13,15-20,24H2,1-3H3,(H,38,44). The van der Waals surface area contributed by atoms with Gasteiger partial charge in [-0.1, -0.05) is 18.2 Å². The number of hydrogen-bond donors (Lipinski definition) is 1. The minimum atomic E-state index is -0.403. The first-order valence-electron chi connectivity index (χ1n) is 17.2.